The Morgan fingerprint density at radius 1 is 1.19 bits per heavy atom. The third kappa shape index (κ3) is 4.31. The molecule has 1 aliphatic carbocycles. The number of ether oxygens (including phenoxy) is 1. The van der Waals surface area contributed by atoms with Crippen molar-refractivity contribution < 1.29 is 19.2 Å². The Morgan fingerprint density at radius 3 is 2.66 bits per heavy atom. The highest BCUT2D eigenvalue weighted by Gasteiger charge is 2.27. The monoisotopic (exact) mass is 449 g/mol. The molecular weight excluding hydrogens is 426 g/mol. The SMILES string of the molecule is CSC1=CC=C(C(=O)c2cnn(C)c2OC(=O)c2ccccc2)CC(C)=C1C1=NOCC1. The van der Waals surface area contributed by atoms with Crippen LogP contribution >= 0.6 is 11.8 Å². The van der Waals surface area contributed by atoms with Crippen LogP contribution in [0.5, 0.6) is 5.88 Å². The molecule has 0 saturated carbocycles. The Kier molecular flexibility index (Phi) is 6.41. The molecule has 0 saturated heterocycles. The van der Waals surface area contributed by atoms with Gasteiger partial charge in [-0.2, -0.15) is 5.10 Å². The minimum Gasteiger partial charge on any atom is -0.403 e. The second kappa shape index (κ2) is 9.40. The van der Waals surface area contributed by atoms with Crippen molar-refractivity contribution in [1.82, 2.24) is 9.78 Å². The number of benzene rings is 1. The van der Waals surface area contributed by atoms with E-state index in [9.17, 15) is 9.59 Å². The molecule has 0 unspecified atom stereocenters. The largest absolute Gasteiger partial charge is 0.403 e. The van der Waals surface area contributed by atoms with Gasteiger partial charge in [0.05, 0.1) is 17.5 Å². The molecular formula is C24H23N3O4S. The molecule has 0 radical (unpaired) electrons. The maximum Gasteiger partial charge on any atom is 0.344 e. The van der Waals surface area contributed by atoms with E-state index in [-0.39, 0.29) is 17.2 Å². The molecule has 7 nitrogen and oxygen atoms in total. The van der Waals surface area contributed by atoms with Crippen molar-refractivity contribution in [3.05, 3.63) is 81.4 Å². The molecule has 4 rings (SSSR count). The summed E-state index contributed by atoms with van der Waals surface area (Å²) in [4.78, 5) is 32.2. The van der Waals surface area contributed by atoms with Crippen molar-refractivity contribution >= 4 is 29.2 Å². The van der Waals surface area contributed by atoms with E-state index in [0.717, 1.165) is 28.2 Å². The second-order valence-electron chi connectivity index (χ2n) is 7.45. The summed E-state index contributed by atoms with van der Waals surface area (Å²) in [5.41, 5.74) is 4.23. The lowest BCUT2D eigenvalue weighted by atomic mass is 9.95. The van der Waals surface area contributed by atoms with Gasteiger partial charge in [-0.1, -0.05) is 35.0 Å². The highest BCUT2D eigenvalue weighted by Crippen LogP contribution is 2.35. The van der Waals surface area contributed by atoms with Crippen LogP contribution in [0.3, 0.4) is 0 Å². The van der Waals surface area contributed by atoms with Gasteiger partial charge in [0.15, 0.2) is 5.78 Å². The van der Waals surface area contributed by atoms with Gasteiger partial charge in [-0.05, 0) is 37.8 Å². The predicted molar refractivity (Wildman–Crippen MR) is 124 cm³/mol. The number of allylic oxidation sites excluding steroid dienone is 5. The molecule has 164 valence electrons. The zero-order chi connectivity index (χ0) is 22.7. The molecule has 1 aliphatic heterocycles. The molecule has 0 bridgehead atoms. The van der Waals surface area contributed by atoms with E-state index in [1.54, 1.807) is 43.1 Å². The van der Waals surface area contributed by atoms with E-state index in [2.05, 4.69) is 10.3 Å². The fourth-order valence-electron chi connectivity index (χ4n) is 3.70. The van der Waals surface area contributed by atoms with E-state index in [0.29, 0.717) is 24.2 Å². The molecule has 1 aromatic carbocycles. The maximum absolute atomic E-state index is 13.4. The average molecular weight is 450 g/mol. The number of Topliss-reactive ketones (excluding diaryl/α,β-unsaturated/α-hetero) is 1. The molecule has 32 heavy (non-hydrogen) atoms. The Bertz CT molecular complexity index is 1190. The van der Waals surface area contributed by atoms with Crippen LogP contribution in [0.15, 0.2) is 75.5 Å². The third-order valence-corrected chi connectivity index (χ3v) is 6.08. The van der Waals surface area contributed by atoms with Crippen molar-refractivity contribution in [3.63, 3.8) is 0 Å². The molecule has 0 N–H and O–H groups in total. The first kappa shape index (κ1) is 21.8. The second-order valence-corrected chi connectivity index (χ2v) is 8.30. The Labute approximate surface area is 190 Å². The van der Waals surface area contributed by atoms with E-state index < -0.39 is 5.97 Å². The van der Waals surface area contributed by atoms with E-state index in [1.807, 2.05) is 31.4 Å². The first-order chi connectivity index (χ1) is 15.5. The first-order valence-electron chi connectivity index (χ1n) is 10.2. The maximum atomic E-state index is 13.4. The number of ketones is 1. The van der Waals surface area contributed by atoms with Crippen LogP contribution in [0.4, 0.5) is 0 Å². The number of carbonyl (C=O) groups excluding carboxylic acids is 2. The van der Waals surface area contributed by atoms with Crippen molar-refractivity contribution in [2.75, 3.05) is 12.9 Å². The van der Waals surface area contributed by atoms with Gasteiger partial charge in [-0.15, -0.1) is 11.8 Å². The quantitative estimate of drug-likeness (QED) is 0.477. The number of carbonyl (C=O) groups is 2. The lowest BCUT2D eigenvalue weighted by Gasteiger charge is -2.12. The van der Waals surface area contributed by atoms with Gasteiger partial charge < -0.3 is 9.57 Å². The number of aryl methyl sites for hydroxylation is 1. The van der Waals surface area contributed by atoms with E-state index in [1.165, 1.54) is 10.9 Å². The summed E-state index contributed by atoms with van der Waals surface area (Å²) in [6.45, 7) is 2.57. The summed E-state index contributed by atoms with van der Waals surface area (Å²) in [5, 5.41) is 8.34. The molecule has 0 atom stereocenters. The molecule has 0 fully saturated rings. The standard InChI is InChI=1S/C24H23N3O4S/c1-15-13-17(9-10-20(32-3)21(15)19-11-12-30-26-19)22(28)18-14-25-27(2)23(18)31-24(29)16-7-5-4-6-8-16/h4-10,14H,11-13H2,1-3H3. The minimum absolute atomic E-state index is 0.124. The summed E-state index contributed by atoms with van der Waals surface area (Å²) < 4.78 is 6.96. The zero-order valence-electron chi connectivity index (χ0n) is 18.1. The van der Waals surface area contributed by atoms with Gasteiger partial charge >= 0.3 is 5.97 Å². The number of rotatable bonds is 6. The van der Waals surface area contributed by atoms with E-state index >= 15 is 0 Å². The van der Waals surface area contributed by atoms with Crippen LogP contribution in [0, 0.1) is 0 Å². The Morgan fingerprint density at radius 2 is 1.97 bits per heavy atom. The van der Waals surface area contributed by atoms with Crippen molar-refractivity contribution in [2.45, 2.75) is 19.8 Å². The molecule has 2 aromatic rings. The van der Waals surface area contributed by atoms with Crippen LogP contribution in [0.2, 0.25) is 0 Å². The minimum atomic E-state index is -0.541. The lowest BCUT2D eigenvalue weighted by molar-refractivity contribution is 0.0718. The molecule has 8 heteroatoms. The third-order valence-electron chi connectivity index (χ3n) is 5.30. The van der Waals surface area contributed by atoms with Crippen molar-refractivity contribution in [1.29, 1.82) is 0 Å². The summed E-state index contributed by atoms with van der Waals surface area (Å²) >= 11 is 1.61. The fourth-order valence-corrected chi connectivity index (χ4v) is 4.40. The first-order valence-corrected chi connectivity index (χ1v) is 11.4. The number of hydrogen-bond acceptors (Lipinski definition) is 7. The van der Waals surface area contributed by atoms with Crippen LogP contribution < -0.4 is 4.74 Å². The highest BCUT2D eigenvalue weighted by atomic mass is 32.2. The van der Waals surface area contributed by atoms with Gasteiger partial charge in [-0.3, -0.25) is 4.79 Å². The average Bonchev–Trinajstić information content (AvgIpc) is 3.42. The van der Waals surface area contributed by atoms with Crippen LogP contribution in [0.25, 0.3) is 0 Å². The van der Waals surface area contributed by atoms with Gasteiger partial charge in [-0.25, -0.2) is 9.48 Å². The number of aromatic nitrogens is 2. The normalized spacial score (nSPS) is 16.0. The van der Waals surface area contributed by atoms with E-state index in [4.69, 9.17) is 9.57 Å². The van der Waals surface area contributed by atoms with Crippen LogP contribution in [-0.2, 0) is 11.9 Å². The predicted octanol–water partition coefficient (Wildman–Crippen LogP) is 4.49. The van der Waals surface area contributed by atoms with Crippen molar-refractivity contribution in [3.8, 4) is 5.88 Å². The fraction of sp³-hybridized carbons (Fsp3) is 0.250. The summed E-state index contributed by atoms with van der Waals surface area (Å²) in [6.07, 6.45) is 8.41. The molecule has 0 spiro atoms. The van der Waals surface area contributed by atoms with Gasteiger partial charge in [0.25, 0.3) is 0 Å². The van der Waals surface area contributed by atoms with Crippen LogP contribution in [0.1, 0.15) is 40.5 Å². The summed E-state index contributed by atoms with van der Waals surface area (Å²) in [5.74, 6) is -0.644. The number of hydrogen-bond donors (Lipinski definition) is 0. The molecule has 2 aliphatic rings. The Balaban J connectivity index is 1.64. The van der Waals surface area contributed by atoms with Crippen LogP contribution in [-0.4, -0.2) is 40.1 Å². The molecule has 2 heterocycles. The van der Waals surface area contributed by atoms with Crippen molar-refractivity contribution in [2.24, 2.45) is 12.2 Å². The Hall–Kier alpha value is -3.39. The van der Waals surface area contributed by atoms with Gasteiger partial charge in [0, 0.05) is 29.5 Å². The highest BCUT2D eigenvalue weighted by molar-refractivity contribution is 8.02. The summed E-state index contributed by atoms with van der Waals surface area (Å²) in [7, 11) is 1.64. The number of oxime groups is 1. The number of thioether (sulfide) groups is 1. The topological polar surface area (TPSA) is 82.8 Å². The molecule has 1 aromatic heterocycles. The smallest absolute Gasteiger partial charge is 0.344 e. The summed E-state index contributed by atoms with van der Waals surface area (Å²) in [6, 6.07) is 8.65. The molecule has 0 amide bonds. The zero-order valence-corrected chi connectivity index (χ0v) is 18.9. The van der Waals surface area contributed by atoms with Gasteiger partial charge in [0.1, 0.15) is 12.2 Å². The lowest BCUT2D eigenvalue weighted by Crippen LogP contribution is -2.14. The number of esters is 1. The number of nitrogens with zero attached hydrogens (tertiary/aromatic N) is 3. The van der Waals surface area contributed by atoms with Gasteiger partial charge in [0.2, 0.25) is 5.88 Å².